The minimum atomic E-state index is -4.41. The number of hydrogen-bond acceptors (Lipinski definition) is 2. The first-order chi connectivity index (χ1) is 15.7. The van der Waals surface area contributed by atoms with E-state index in [1.165, 1.54) is 6.07 Å². The Morgan fingerprint density at radius 2 is 1.58 bits per heavy atom. The first-order valence-corrected chi connectivity index (χ1v) is 11.0. The van der Waals surface area contributed by atoms with Crippen LogP contribution < -0.4 is 0 Å². The van der Waals surface area contributed by atoms with Crippen molar-refractivity contribution in [2.24, 2.45) is 0 Å². The van der Waals surface area contributed by atoms with Gasteiger partial charge < -0.3 is 0 Å². The van der Waals surface area contributed by atoms with E-state index in [0.29, 0.717) is 24.8 Å². The summed E-state index contributed by atoms with van der Waals surface area (Å²) in [5, 5.41) is 0. The Bertz CT molecular complexity index is 1150. The molecule has 0 aromatic heterocycles. The zero-order valence-electron chi connectivity index (χ0n) is 18.8. The summed E-state index contributed by atoms with van der Waals surface area (Å²) >= 11 is 0. The molecule has 0 N–H and O–H groups in total. The third kappa shape index (κ3) is 6.88. The van der Waals surface area contributed by atoms with Crippen LogP contribution in [-0.2, 0) is 30.2 Å². The molecule has 2 nitrogen and oxygen atoms in total. The molecule has 0 aliphatic rings. The molecule has 0 bridgehead atoms. The molecule has 0 fully saturated rings. The molecular formula is C28H27F3O2. The topological polar surface area (TPSA) is 34.1 Å². The average Bonchev–Trinajstić information content (AvgIpc) is 2.78. The van der Waals surface area contributed by atoms with Gasteiger partial charge in [0.25, 0.3) is 0 Å². The van der Waals surface area contributed by atoms with E-state index >= 15 is 0 Å². The van der Waals surface area contributed by atoms with Gasteiger partial charge in [0.05, 0.1) is 5.56 Å². The molecule has 0 heterocycles. The highest BCUT2D eigenvalue weighted by molar-refractivity contribution is 5.96. The van der Waals surface area contributed by atoms with Crippen molar-refractivity contribution in [1.82, 2.24) is 0 Å². The van der Waals surface area contributed by atoms with E-state index in [4.69, 9.17) is 0 Å². The number of halogens is 3. The molecule has 0 saturated carbocycles. The molecule has 33 heavy (non-hydrogen) atoms. The number of carbonyl (C=O) groups excluding carboxylic acids is 2. The van der Waals surface area contributed by atoms with E-state index in [1.54, 1.807) is 6.07 Å². The van der Waals surface area contributed by atoms with Crippen molar-refractivity contribution < 1.29 is 22.8 Å². The summed E-state index contributed by atoms with van der Waals surface area (Å²) in [5.41, 5.74) is 4.71. The van der Waals surface area contributed by atoms with Gasteiger partial charge in [-0.3, -0.25) is 9.59 Å². The van der Waals surface area contributed by atoms with Crippen LogP contribution in [0.15, 0.2) is 66.7 Å². The van der Waals surface area contributed by atoms with Crippen molar-refractivity contribution in [1.29, 1.82) is 0 Å². The van der Waals surface area contributed by atoms with Crippen LogP contribution >= 0.6 is 0 Å². The van der Waals surface area contributed by atoms with Gasteiger partial charge in [0.1, 0.15) is 5.78 Å². The Balaban J connectivity index is 1.59. The third-order valence-electron chi connectivity index (χ3n) is 5.72. The van der Waals surface area contributed by atoms with Crippen molar-refractivity contribution in [3.63, 3.8) is 0 Å². The fraction of sp³-hybridized carbons (Fsp3) is 0.286. The summed E-state index contributed by atoms with van der Waals surface area (Å²) in [4.78, 5) is 24.3. The lowest BCUT2D eigenvalue weighted by Gasteiger charge is -2.10. The lowest BCUT2D eigenvalue weighted by Crippen LogP contribution is -2.08. The van der Waals surface area contributed by atoms with Crippen LogP contribution in [0, 0.1) is 6.92 Å². The average molecular weight is 453 g/mol. The minimum absolute atomic E-state index is 0.00614. The van der Waals surface area contributed by atoms with E-state index in [9.17, 15) is 22.8 Å². The summed E-state index contributed by atoms with van der Waals surface area (Å²) in [7, 11) is 0. The van der Waals surface area contributed by atoms with Crippen LogP contribution in [0.3, 0.4) is 0 Å². The molecule has 0 radical (unpaired) electrons. The fourth-order valence-electron chi connectivity index (χ4n) is 3.85. The highest BCUT2D eigenvalue weighted by Gasteiger charge is 2.30. The zero-order valence-corrected chi connectivity index (χ0v) is 18.8. The molecular weight excluding hydrogens is 425 g/mol. The molecule has 3 aromatic rings. The van der Waals surface area contributed by atoms with Crippen molar-refractivity contribution >= 4 is 11.6 Å². The number of rotatable bonds is 9. The van der Waals surface area contributed by atoms with Gasteiger partial charge in [0, 0.05) is 24.8 Å². The monoisotopic (exact) mass is 452 g/mol. The molecule has 0 saturated heterocycles. The van der Waals surface area contributed by atoms with Gasteiger partial charge in [-0.05, 0) is 59.7 Å². The maximum Gasteiger partial charge on any atom is 0.416 e. The summed E-state index contributed by atoms with van der Waals surface area (Å²) in [6.45, 7) is 3.87. The van der Waals surface area contributed by atoms with Crippen molar-refractivity contribution in [2.75, 3.05) is 0 Å². The fourth-order valence-corrected chi connectivity index (χ4v) is 3.85. The smallest absolute Gasteiger partial charge is 0.299 e. The number of carbonyl (C=O) groups is 2. The Hall–Kier alpha value is -3.21. The van der Waals surface area contributed by atoms with Gasteiger partial charge in [-0.15, -0.1) is 0 Å². The van der Waals surface area contributed by atoms with Gasteiger partial charge in [0.15, 0.2) is 5.78 Å². The van der Waals surface area contributed by atoms with E-state index < -0.39 is 11.7 Å². The standard InChI is InChI=1S/C28H27F3O2/c1-3-27(33)24-8-4-6-21(16-24)15-23-12-10-20(14-19(23)2)11-13-26(32)18-22-7-5-9-25(17-22)28(29,30)31/h4-10,12,14,16-17H,3,11,13,15,18H2,1-2H3. The van der Waals surface area contributed by atoms with Gasteiger partial charge in [-0.2, -0.15) is 13.2 Å². The predicted molar refractivity (Wildman–Crippen MR) is 124 cm³/mol. The minimum Gasteiger partial charge on any atom is -0.299 e. The highest BCUT2D eigenvalue weighted by Crippen LogP contribution is 2.29. The van der Waals surface area contributed by atoms with Crippen LogP contribution in [-0.4, -0.2) is 11.6 Å². The van der Waals surface area contributed by atoms with E-state index in [1.807, 2.05) is 56.3 Å². The van der Waals surface area contributed by atoms with Crippen molar-refractivity contribution in [3.05, 3.63) is 106 Å². The van der Waals surface area contributed by atoms with Gasteiger partial charge in [0.2, 0.25) is 0 Å². The van der Waals surface area contributed by atoms with Crippen LogP contribution in [0.1, 0.15) is 63.5 Å². The number of benzene rings is 3. The molecule has 0 aliphatic heterocycles. The number of hydrogen-bond donors (Lipinski definition) is 0. The molecule has 0 amide bonds. The maximum atomic E-state index is 12.9. The second-order valence-corrected chi connectivity index (χ2v) is 8.33. The largest absolute Gasteiger partial charge is 0.416 e. The molecule has 0 unspecified atom stereocenters. The van der Waals surface area contributed by atoms with Crippen LogP contribution in [0.4, 0.5) is 13.2 Å². The Morgan fingerprint density at radius 1 is 0.848 bits per heavy atom. The second kappa shape index (κ2) is 10.6. The van der Waals surface area contributed by atoms with Crippen molar-refractivity contribution in [3.8, 4) is 0 Å². The zero-order chi connectivity index (χ0) is 24.0. The predicted octanol–water partition coefficient (Wildman–Crippen LogP) is 6.94. The number of ketones is 2. The first-order valence-electron chi connectivity index (χ1n) is 11.0. The molecule has 172 valence electrons. The molecule has 0 atom stereocenters. The summed E-state index contributed by atoms with van der Waals surface area (Å²) in [6.07, 6.45) is -2.41. The Labute approximate surface area is 192 Å². The lowest BCUT2D eigenvalue weighted by molar-refractivity contribution is -0.137. The van der Waals surface area contributed by atoms with Gasteiger partial charge >= 0.3 is 6.18 Å². The Kier molecular flexibility index (Phi) is 7.85. The molecule has 3 aromatic carbocycles. The molecule has 0 aliphatic carbocycles. The number of aryl methyl sites for hydroxylation is 2. The first kappa shape index (κ1) is 24.4. The molecule has 5 heteroatoms. The van der Waals surface area contributed by atoms with E-state index in [2.05, 4.69) is 0 Å². The lowest BCUT2D eigenvalue weighted by atomic mass is 9.95. The summed E-state index contributed by atoms with van der Waals surface area (Å²) in [5.74, 6) is 0.0344. The highest BCUT2D eigenvalue weighted by atomic mass is 19.4. The van der Waals surface area contributed by atoms with E-state index in [0.717, 1.165) is 39.9 Å². The second-order valence-electron chi connectivity index (χ2n) is 8.33. The van der Waals surface area contributed by atoms with Crippen molar-refractivity contribution in [2.45, 2.75) is 52.1 Å². The van der Waals surface area contributed by atoms with Crippen LogP contribution in [0.5, 0.6) is 0 Å². The molecule has 3 rings (SSSR count). The van der Waals surface area contributed by atoms with Gasteiger partial charge in [-0.1, -0.05) is 61.5 Å². The summed E-state index contributed by atoms with van der Waals surface area (Å²) in [6, 6.07) is 18.7. The summed E-state index contributed by atoms with van der Waals surface area (Å²) < 4.78 is 38.6. The maximum absolute atomic E-state index is 12.9. The van der Waals surface area contributed by atoms with Gasteiger partial charge in [-0.25, -0.2) is 0 Å². The van der Waals surface area contributed by atoms with Crippen LogP contribution in [0.25, 0.3) is 0 Å². The number of Topliss-reactive ketones (excluding diaryl/α,β-unsaturated/α-hetero) is 2. The van der Waals surface area contributed by atoms with Crippen LogP contribution in [0.2, 0.25) is 0 Å². The normalized spacial score (nSPS) is 11.4. The third-order valence-corrected chi connectivity index (χ3v) is 5.72. The quantitative estimate of drug-likeness (QED) is 0.330. The SMILES string of the molecule is CCC(=O)c1cccc(Cc2ccc(CCC(=O)Cc3cccc(C(F)(F)F)c3)cc2C)c1. The Morgan fingerprint density at radius 3 is 2.27 bits per heavy atom. The van der Waals surface area contributed by atoms with E-state index in [-0.39, 0.29) is 24.4 Å². The number of alkyl halides is 3. The molecule has 0 spiro atoms.